The summed E-state index contributed by atoms with van der Waals surface area (Å²) in [7, 11) is 0. The Morgan fingerprint density at radius 3 is 2.91 bits per heavy atom. The molecule has 2 fully saturated rings. The lowest BCUT2D eigenvalue weighted by atomic mass is 10.1. The van der Waals surface area contributed by atoms with Crippen LogP contribution in [0.1, 0.15) is 24.6 Å². The minimum Gasteiger partial charge on any atom is -0.273 e. The van der Waals surface area contributed by atoms with E-state index in [0.717, 1.165) is 19.4 Å². The molecule has 2 saturated heterocycles. The molecule has 0 N–H and O–H groups in total. The summed E-state index contributed by atoms with van der Waals surface area (Å²) in [5.41, 5.74) is 0.588. The first-order valence-electron chi connectivity index (χ1n) is 7.40. The van der Waals surface area contributed by atoms with Gasteiger partial charge in [-0.1, -0.05) is 12.1 Å². The fraction of sp³-hybridized carbons (Fsp3) is 0.333. The third-order valence-corrected chi connectivity index (χ3v) is 5.18. The molecule has 2 atom stereocenters. The van der Waals surface area contributed by atoms with E-state index >= 15 is 0 Å². The Morgan fingerprint density at radius 2 is 2.17 bits per heavy atom. The molecule has 7 nitrogen and oxygen atoms in total. The number of carbonyl (C=O) groups excluding carboxylic acids is 1. The van der Waals surface area contributed by atoms with Crippen molar-refractivity contribution in [3.05, 3.63) is 51.5 Å². The van der Waals surface area contributed by atoms with Crippen molar-refractivity contribution in [1.29, 1.82) is 0 Å². The number of aromatic nitrogens is 1. The van der Waals surface area contributed by atoms with Crippen LogP contribution in [-0.2, 0) is 4.79 Å². The van der Waals surface area contributed by atoms with E-state index in [1.54, 1.807) is 29.3 Å². The van der Waals surface area contributed by atoms with E-state index in [9.17, 15) is 14.9 Å². The maximum absolute atomic E-state index is 12.8. The number of nitrogens with zero attached hydrogens (tertiary/aromatic N) is 4. The predicted octanol–water partition coefficient (Wildman–Crippen LogP) is 2.56. The number of amides is 1. The first-order valence-corrected chi connectivity index (χ1v) is 8.28. The molecule has 1 aromatic carbocycles. The number of thiazole rings is 1. The summed E-state index contributed by atoms with van der Waals surface area (Å²) in [6, 6.07) is 6.44. The van der Waals surface area contributed by atoms with E-state index in [4.69, 9.17) is 0 Å². The summed E-state index contributed by atoms with van der Waals surface area (Å²) in [5, 5.41) is 13.8. The second-order valence-electron chi connectivity index (χ2n) is 5.61. The number of anilines is 1. The average molecular weight is 330 g/mol. The van der Waals surface area contributed by atoms with E-state index in [2.05, 4.69) is 9.88 Å². The SMILES string of the molecule is O=C1[C@H]2CCCN2[C@H](c2ccccc2[N+](=O)[O-])N1c1nccs1. The van der Waals surface area contributed by atoms with E-state index in [-0.39, 0.29) is 22.6 Å². The average Bonchev–Trinajstić information content (AvgIpc) is 3.25. The lowest BCUT2D eigenvalue weighted by Crippen LogP contribution is -2.32. The summed E-state index contributed by atoms with van der Waals surface area (Å²) in [6.45, 7) is 0.759. The van der Waals surface area contributed by atoms with E-state index in [1.807, 2.05) is 5.38 Å². The lowest BCUT2D eigenvalue weighted by Gasteiger charge is -2.27. The zero-order chi connectivity index (χ0) is 16.0. The van der Waals surface area contributed by atoms with Crippen molar-refractivity contribution < 1.29 is 9.72 Å². The van der Waals surface area contributed by atoms with Gasteiger partial charge in [-0.3, -0.25) is 24.7 Å². The molecule has 0 radical (unpaired) electrons. The molecule has 2 aliphatic rings. The molecule has 0 spiro atoms. The Bertz CT molecular complexity index is 764. The van der Waals surface area contributed by atoms with Crippen LogP contribution in [0.2, 0.25) is 0 Å². The van der Waals surface area contributed by atoms with Gasteiger partial charge >= 0.3 is 0 Å². The quantitative estimate of drug-likeness (QED) is 0.638. The predicted molar refractivity (Wildman–Crippen MR) is 85.2 cm³/mol. The fourth-order valence-electron chi connectivity index (χ4n) is 3.50. The molecule has 4 rings (SSSR count). The molecular formula is C15H14N4O3S. The van der Waals surface area contributed by atoms with Crippen molar-refractivity contribution in [3.63, 3.8) is 0 Å². The third-order valence-electron chi connectivity index (χ3n) is 4.41. The van der Waals surface area contributed by atoms with Gasteiger partial charge in [0, 0.05) is 24.2 Å². The van der Waals surface area contributed by atoms with Crippen molar-refractivity contribution in [2.75, 3.05) is 11.4 Å². The first kappa shape index (κ1) is 14.3. The number of hydrogen-bond acceptors (Lipinski definition) is 6. The first-order chi connectivity index (χ1) is 11.2. The maximum atomic E-state index is 12.8. The molecule has 3 heterocycles. The topological polar surface area (TPSA) is 79.6 Å². The van der Waals surface area contributed by atoms with Crippen LogP contribution in [0.4, 0.5) is 10.8 Å². The molecule has 0 aliphatic carbocycles. The highest BCUT2D eigenvalue weighted by Crippen LogP contribution is 2.44. The number of benzene rings is 1. The molecule has 118 valence electrons. The van der Waals surface area contributed by atoms with Gasteiger partial charge in [0.25, 0.3) is 5.69 Å². The molecule has 0 saturated carbocycles. The summed E-state index contributed by atoms with van der Waals surface area (Å²) < 4.78 is 0. The normalized spacial score (nSPS) is 24.2. The molecule has 1 aromatic heterocycles. The summed E-state index contributed by atoms with van der Waals surface area (Å²) >= 11 is 1.37. The van der Waals surface area contributed by atoms with Gasteiger partial charge in [0.05, 0.1) is 16.5 Å². The fourth-order valence-corrected chi connectivity index (χ4v) is 4.17. The van der Waals surface area contributed by atoms with Crippen LogP contribution in [0, 0.1) is 10.1 Å². The number of nitro benzene ring substituents is 1. The van der Waals surface area contributed by atoms with Gasteiger partial charge in [-0.15, -0.1) is 11.3 Å². The van der Waals surface area contributed by atoms with Crippen molar-refractivity contribution in [2.45, 2.75) is 25.0 Å². The molecule has 8 heteroatoms. The minimum absolute atomic E-state index is 0.0133. The smallest absolute Gasteiger partial charge is 0.273 e. The van der Waals surface area contributed by atoms with Gasteiger partial charge in [-0.25, -0.2) is 4.98 Å². The van der Waals surface area contributed by atoms with Crippen molar-refractivity contribution >= 4 is 28.1 Å². The molecule has 23 heavy (non-hydrogen) atoms. The van der Waals surface area contributed by atoms with Crippen LogP contribution in [0.25, 0.3) is 0 Å². The molecule has 0 unspecified atom stereocenters. The maximum Gasteiger partial charge on any atom is 0.276 e. The van der Waals surface area contributed by atoms with Crippen LogP contribution in [0.3, 0.4) is 0 Å². The number of para-hydroxylation sites is 1. The van der Waals surface area contributed by atoms with Gasteiger partial charge < -0.3 is 0 Å². The third kappa shape index (κ3) is 2.13. The highest BCUT2D eigenvalue weighted by molar-refractivity contribution is 7.13. The van der Waals surface area contributed by atoms with Crippen molar-refractivity contribution in [1.82, 2.24) is 9.88 Å². The number of rotatable bonds is 3. The Hall–Kier alpha value is -2.32. The highest BCUT2D eigenvalue weighted by Gasteiger charge is 2.51. The monoisotopic (exact) mass is 330 g/mol. The van der Waals surface area contributed by atoms with Crippen molar-refractivity contribution in [2.24, 2.45) is 0 Å². The zero-order valence-electron chi connectivity index (χ0n) is 12.2. The van der Waals surface area contributed by atoms with Crippen molar-refractivity contribution in [3.8, 4) is 0 Å². The Balaban J connectivity index is 1.87. The Labute approximate surface area is 136 Å². The summed E-state index contributed by atoms with van der Waals surface area (Å²) in [6.07, 6.45) is 2.91. The molecule has 2 aliphatic heterocycles. The van der Waals surface area contributed by atoms with Gasteiger partial charge in [-0.2, -0.15) is 0 Å². The number of nitro groups is 1. The minimum atomic E-state index is -0.456. The van der Waals surface area contributed by atoms with Crippen LogP contribution in [-0.4, -0.2) is 33.3 Å². The van der Waals surface area contributed by atoms with Crippen LogP contribution >= 0.6 is 11.3 Å². The second kappa shape index (κ2) is 5.39. The Morgan fingerprint density at radius 1 is 1.35 bits per heavy atom. The number of hydrogen-bond donors (Lipinski definition) is 0. The second-order valence-corrected chi connectivity index (χ2v) is 6.48. The van der Waals surface area contributed by atoms with E-state index in [1.165, 1.54) is 17.4 Å². The highest BCUT2D eigenvalue weighted by atomic mass is 32.1. The number of carbonyl (C=O) groups is 1. The van der Waals surface area contributed by atoms with Crippen LogP contribution in [0.15, 0.2) is 35.8 Å². The molecule has 1 amide bonds. The largest absolute Gasteiger partial charge is 0.276 e. The standard InChI is InChI=1S/C15H14N4O3S/c20-14-12-6-3-8-17(12)13(18(14)15-16-7-9-23-15)10-4-1-2-5-11(10)19(21)22/h1-2,4-5,7,9,12-13H,3,6,8H2/t12-,13+/m1/s1. The molecule has 2 aromatic rings. The van der Waals surface area contributed by atoms with Gasteiger partial charge in [-0.05, 0) is 18.9 Å². The Kier molecular flexibility index (Phi) is 3.35. The van der Waals surface area contributed by atoms with E-state index < -0.39 is 6.17 Å². The van der Waals surface area contributed by atoms with Gasteiger partial charge in [0.2, 0.25) is 5.91 Å². The lowest BCUT2D eigenvalue weighted by molar-refractivity contribution is -0.385. The van der Waals surface area contributed by atoms with E-state index in [0.29, 0.717) is 10.7 Å². The van der Waals surface area contributed by atoms with Gasteiger partial charge in [0.15, 0.2) is 5.13 Å². The molecular weight excluding hydrogens is 316 g/mol. The molecule has 0 bridgehead atoms. The van der Waals surface area contributed by atoms with Crippen LogP contribution < -0.4 is 4.90 Å². The van der Waals surface area contributed by atoms with Gasteiger partial charge in [0.1, 0.15) is 6.17 Å². The van der Waals surface area contributed by atoms with Crippen LogP contribution in [0.5, 0.6) is 0 Å². The zero-order valence-corrected chi connectivity index (χ0v) is 13.0. The number of fused-ring (bicyclic) bond motifs is 1. The summed E-state index contributed by atoms with van der Waals surface area (Å²) in [4.78, 5) is 31.8. The summed E-state index contributed by atoms with van der Waals surface area (Å²) in [5.74, 6) is -0.0133.